The topological polar surface area (TPSA) is 138 Å². The molecule has 0 saturated carbocycles. The van der Waals surface area contributed by atoms with Crippen molar-refractivity contribution in [3.05, 3.63) is 64.7 Å². The zero-order chi connectivity index (χ0) is 25.6. The summed E-state index contributed by atoms with van der Waals surface area (Å²) < 4.78 is 27.5. The zero-order valence-corrected chi connectivity index (χ0v) is 20.7. The predicted octanol–water partition coefficient (Wildman–Crippen LogP) is 2.34. The van der Waals surface area contributed by atoms with Crippen LogP contribution in [0.1, 0.15) is 17.5 Å². The number of carboxylic acids is 1. The molecule has 0 spiro atoms. The number of carboxylic acid groups (broad SMARTS) is 1. The third-order valence-corrected chi connectivity index (χ3v) is 8.57. The van der Waals surface area contributed by atoms with Crippen LogP contribution < -0.4 is 0 Å². The van der Waals surface area contributed by atoms with Crippen LogP contribution >= 0.6 is 11.6 Å². The van der Waals surface area contributed by atoms with Crippen molar-refractivity contribution in [1.29, 1.82) is 5.41 Å². The number of carbonyl (C=O) groups excluding carboxylic acids is 1. The summed E-state index contributed by atoms with van der Waals surface area (Å²) in [6.07, 6.45) is 1.06. The van der Waals surface area contributed by atoms with Crippen molar-refractivity contribution in [3.63, 3.8) is 0 Å². The summed E-state index contributed by atoms with van der Waals surface area (Å²) in [5.41, 5.74) is 2.00. The number of halogens is 1. The van der Waals surface area contributed by atoms with E-state index in [0.29, 0.717) is 27.3 Å². The summed E-state index contributed by atoms with van der Waals surface area (Å²) in [6, 6.07) is 12.0. The van der Waals surface area contributed by atoms with E-state index in [2.05, 4.69) is 4.98 Å². The number of piperazine rings is 1. The summed E-state index contributed by atoms with van der Waals surface area (Å²) in [5, 5.41) is 19.0. The van der Waals surface area contributed by atoms with Crippen molar-refractivity contribution < 1.29 is 23.1 Å². The van der Waals surface area contributed by atoms with Gasteiger partial charge in [0, 0.05) is 47.7 Å². The first-order valence-electron chi connectivity index (χ1n) is 11.4. The van der Waals surface area contributed by atoms with Gasteiger partial charge < -0.3 is 19.9 Å². The Kier molecular flexibility index (Phi) is 6.23. The molecule has 2 aliphatic heterocycles. The van der Waals surface area contributed by atoms with Crippen LogP contribution in [0.3, 0.4) is 0 Å². The molecule has 1 amide bonds. The second-order valence-electron chi connectivity index (χ2n) is 8.92. The highest BCUT2D eigenvalue weighted by Crippen LogP contribution is 2.27. The number of aliphatic carboxylic acids is 1. The third kappa shape index (κ3) is 4.45. The number of carbonyl (C=O) groups is 2. The van der Waals surface area contributed by atoms with Crippen molar-refractivity contribution in [2.75, 3.05) is 26.2 Å². The molecule has 2 aromatic carbocycles. The first kappa shape index (κ1) is 24.3. The fourth-order valence-corrected chi connectivity index (χ4v) is 6.00. The molecule has 12 heteroatoms. The minimum Gasteiger partial charge on any atom is -0.480 e. The van der Waals surface area contributed by atoms with Gasteiger partial charge >= 0.3 is 5.97 Å². The molecule has 2 fully saturated rings. The van der Waals surface area contributed by atoms with Gasteiger partial charge in [-0.05, 0) is 36.2 Å². The molecule has 36 heavy (non-hydrogen) atoms. The van der Waals surface area contributed by atoms with Gasteiger partial charge in [-0.15, -0.1) is 0 Å². The predicted molar refractivity (Wildman–Crippen MR) is 134 cm³/mol. The number of hydrogen-bond donors (Lipinski definition) is 3. The number of nitrogens with one attached hydrogen (secondary N) is 2. The molecule has 3 N–H and O–H groups in total. The number of H-pyrrole nitrogens is 1. The van der Waals surface area contributed by atoms with E-state index >= 15 is 0 Å². The van der Waals surface area contributed by atoms with Gasteiger partial charge in [0.2, 0.25) is 5.91 Å². The SMILES string of the molecule is N=C(c1ccc(CN2C(=O)CN(S(=O)(=O)c3cc4cc(Cl)ccc4[nH]3)C[C@@H]2C(=O)O)cc1)N1CCC1. The van der Waals surface area contributed by atoms with Crippen molar-refractivity contribution >= 4 is 50.2 Å². The van der Waals surface area contributed by atoms with Crippen LogP contribution in [0.15, 0.2) is 53.6 Å². The maximum Gasteiger partial charge on any atom is 0.327 e. The molecule has 1 atom stereocenters. The number of amides is 1. The van der Waals surface area contributed by atoms with Crippen molar-refractivity contribution in [1.82, 2.24) is 19.1 Å². The number of nitrogens with zero attached hydrogens (tertiary/aromatic N) is 3. The lowest BCUT2D eigenvalue weighted by Crippen LogP contribution is -2.60. The van der Waals surface area contributed by atoms with Crippen LogP contribution in [0.2, 0.25) is 5.02 Å². The Morgan fingerprint density at radius 1 is 1.14 bits per heavy atom. The number of aromatic nitrogens is 1. The van der Waals surface area contributed by atoms with E-state index in [1.165, 1.54) is 11.0 Å². The summed E-state index contributed by atoms with van der Waals surface area (Å²) in [4.78, 5) is 31.1. The van der Waals surface area contributed by atoms with Crippen LogP contribution in [0.5, 0.6) is 0 Å². The molecule has 2 saturated heterocycles. The van der Waals surface area contributed by atoms with E-state index in [1.807, 2.05) is 4.90 Å². The van der Waals surface area contributed by atoms with Crippen LogP contribution in [-0.2, 0) is 26.2 Å². The maximum absolute atomic E-state index is 13.3. The fourth-order valence-electron chi connectivity index (χ4n) is 4.41. The minimum atomic E-state index is -4.16. The summed E-state index contributed by atoms with van der Waals surface area (Å²) in [7, 11) is -4.16. The Bertz CT molecular complexity index is 1470. The third-order valence-electron chi connectivity index (χ3n) is 6.60. The van der Waals surface area contributed by atoms with E-state index in [9.17, 15) is 23.1 Å². The summed E-state index contributed by atoms with van der Waals surface area (Å²) in [6.45, 7) is 0.882. The molecule has 0 unspecified atom stereocenters. The van der Waals surface area contributed by atoms with Crippen LogP contribution in [0, 0.1) is 5.41 Å². The molecule has 2 aliphatic rings. The molecule has 0 aliphatic carbocycles. The van der Waals surface area contributed by atoms with Gasteiger partial charge in [0.15, 0.2) is 0 Å². The number of likely N-dealkylation sites (tertiary alicyclic amines) is 1. The Labute approximate surface area is 212 Å². The van der Waals surface area contributed by atoms with Crippen LogP contribution in [0.4, 0.5) is 0 Å². The van der Waals surface area contributed by atoms with E-state index < -0.39 is 34.5 Å². The molecule has 188 valence electrons. The van der Waals surface area contributed by atoms with Crippen molar-refractivity contribution in [2.24, 2.45) is 0 Å². The van der Waals surface area contributed by atoms with E-state index in [-0.39, 0.29) is 18.1 Å². The number of rotatable bonds is 6. The van der Waals surface area contributed by atoms with Gasteiger partial charge in [-0.25, -0.2) is 13.2 Å². The second kappa shape index (κ2) is 9.23. The number of amidine groups is 1. The Hall–Kier alpha value is -3.41. The molecule has 3 heterocycles. The van der Waals surface area contributed by atoms with Gasteiger partial charge in [-0.3, -0.25) is 10.2 Å². The molecule has 10 nitrogen and oxygen atoms in total. The number of sulfonamides is 1. The summed E-state index contributed by atoms with van der Waals surface area (Å²) in [5.74, 6) is -1.46. The normalized spacial score (nSPS) is 18.9. The van der Waals surface area contributed by atoms with Gasteiger partial charge in [0.05, 0.1) is 6.54 Å². The van der Waals surface area contributed by atoms with Crippen molar-refractivity contribution in [3.8, 4) is 0 Å². The fraction of sp³-hybridized carbons (Fsp3) is 0.292. The number of benzene rings is 2. The monoisotopic (exact) mass is 529 g/mol. The average molecular weight is 530 g/mol. The number of hydrogen-bond acceptors (Lipinski definition) is 5. The molecule has 0 radical (unpaired) electrons. The van der Waals surface area contributed by atoms with Gasteiger partial charge in [0.1, 0.15) is 16.9 Å². The van der Waals surface area contributed by atoms with Gasteiger partial charge in [-0.2, -0.15) is 4.31 Å². The van der Waals surface area contributed by atoms with Gasteiger partial charge in [0.25, 0.3) is 10.0 Å². The maximum atomic E-state index is 13.3. The molecule has 0 bridgehead atoms. The Balaban J connectivity index is 1.34. The lowest BCUT2D eigenvalue weighted by atomic mass is 10.1. The van der Waals surface area contributed by atoms with E-state index in [0.717, 1.165) is 29.4 Å². The highest BCUT2D eigenvalue weighted by molar-refractivity contribution is 7.89. The molecule has 5 rings (SSSR count). The zero-order valence-electron chi connectivity index (χ0n) is 19.1. The molecular weight excluding hydrogens is 506 g/mol. The number of aromatic amines is 1. The minimum absolute atomic E-state index is 0.0197. The lowest BCUT2D eigenvalue weighted by Gasteiger charge is -2.38. The van der Waals surface area contributed by atoms with Crippen LogP contribution in [0.25, 0.3) is 10.9 Å². The Morgan fingerprint density at radius 3 is 2.50 bits per heavy atom. The first-order valence-corrected chi connectivity index (χ1v) is 13.2. The Morgan fingerprint density at radius 2 is 1.86 bits per heavy atom. The van der Waals surface area contributed by atoms with E-state index in [4.69, 9.17) is 17.0 Å². The summed E-state index contributed by atoms with van der Waals surface area (Å²) >= 11 is 5.99. The second-order valence-corrected chi connectivity index (χ2v) is 11.3. The van der Waals surface area contributed by atoms with Gasteiger partial charge in [-0.1, -0.05) is 35.9 Å². The molecule has 1 aromatic heterocycles. The first-order chi connectivity index (χ1) is 17.1. The molecule has 3 aromatic rings. The smallest absolute Gasteiger partial charge is 0.327 e. The van der Waals surface area contributed by atoms with Crippen LogP contribution in [-0.4, -0.2) is 82.5 Å². The average Bonchev–Trinajstić information content (AvgIpc) is 3.23. The quantitative estimate of drug-likeness (QED) is 0.331. The standard InChI is InChI=1S/C24H24ClN5O5S/c25-18-6-7-19-17(10-18)11-21(27-19)36(34,35)29-13-20(24(32)33)30(22(31)14-29)12-15-2-4-16(5-3-15)23(26)28-8-1-9-28/h2-7,10-11,20,26-27H,1,8-9,12-14H2,(H,32,33)/t20-/m1/s1. The van der Waals surface area contributed by atoms with E-state index in [1.54, 1.807) is 42.5 Å². The van der Waals surface area contributed by atoms with Crippen molar-refractivity contribution in [2.45, 2.75) is 24.0 Å². The molecular formula is C24H24ClN5O5S. The lowest BCUT2D eigenvalue weighted by molar-refractivity contribution is -0.154. The highest BCUT2D eigenvalue weighted by Gasteiger charge is 2.42. The largest absolute Gasteiger partial charge is 0.480 e. The highest BCUT2D eigenvalue weighted by atomic mass is 35.5. The number of fused-ring (bicyclic) bond motifs is 1.